The minimum Gasteiger partial charge on any atom is -0.507 e. The SMILES string of the molecule is COc1ccc(-c2cc3c(=O)[nH][nH]c3nc2-c2ccc(OCc3ccccc3)cc2O)cc1. The van der Waals surface area contributed by atoms with Crippen molar-refractivity contribution in [2.24, 2.45) is 0 Å². The first-order chi connectivity index (χ1) is 16.1. The maximum atomic E-state index is 12.2. The Balaban J connectivity index is 1.56. The van der Waals surface area contributed by atoms with Gasteiger partial charge in [0.15, 0.2) is 5.65 Å². The lowest BCUT2D eigenvalue weighted by Gasteiger charge is -2.13. The number of ether oxygens (including phenoxy) is 2. The molecule has 0 fully saturated rings. The van der Waals surface area contributed by atoms with Crippen molar-refractivity contribution >= 4 is 11.0 Å². The van der Waals surface area contributed by atoms with Crippen molar-refractivity contribution in [2.45, 2.75) is 6.61 Å². The van der Waals surface area contributed by atoms with E-state index in [0.717, 1.165) is 16.9 Å². The Hall–Kier alpha value is -4.52. The van der Waals surface area contributed by atoms with Gasteiger partial charge in [-0.25, -0.2) is 4.98 Å². The Morgan fingerprint density at radius 1 is 0.879 bits per heavy atom. The number of nitrogens with zero attached hydrogens (tertiary/aromatic N) is 1. The largest absolute Gasteiger partial charge is 0.507 e. The molecule has 33 heavy (non-hydrogen) atoms. The van der Waals surface area contributed by atoms with Crippen LogP contribution in [-0.4, -0.2) is 27.4 Å². The van der Waals surface area contributed by atoms with Crippen molar-refractivity contribution in [1.82, 2.24) is 15.2 Å². The van der Waals surface area contributed by atoms with Crippen molar-refractivity contribution in [3.63, 3.8) is 0 Å². The molecule has 2 aromatic heterocycles. The number of aromatic amines is 2. The maximum Gasteiger partial charge on any atom is 0.273 e. The fourth-order valence-corrected chi connectivity index (χ4v) is 3.70. The van der Waals surface area contributed by atoms with Crippen LogP contribution in [0.1, 0.15) is 5.56 Å². The third kappa shape index (κ3) is 4.04. The van der Waals surface area contributed by atoms with Crippen molar-refractivity contribution in [1.29, 1.82) is 0 Å². The molecule has 0 saturated carbocycles. The summed E-state index contributed by atoms with van der Waals surface area (Å²) in [6.07, 6.45) is 0. The molecule has 7 nitrogen and oxygen atoms in total. The monoisotopic (exact) mass is 439 g/mol. The van der Waals surface area contributed by atoms with Crippen molar-refractivity contribution in [3.05, 3.63) is 94.8 Å². The Morgan fingerprint density at radius 2 is 1.64 bits per heavy atom. The third-order valence-corrected chi connectivity index (χ3v) is 5.44. The van der Waals surface area contributed by atoms with E-state index in [4.69, 9.17) is 9.47 Å². The third-order valence-electron chi connectivity index (χ3n) is 5.44. The van der Waals surface area contributed by atoms with E-state index in [-0.39, 0.29) is 11.3 Å². The normalized spacial score (nSPS) is 10.9. The summed E-state index contributed by atoms with van der Waals surface area (Å²) in [6.45, 7) is 0.394. The average Bonchev–Trinajstić information content (AvgIpc) is 3.22. The van der Waals surface area contributed by atoms with Gasteiger partial charge < -0.3 is 14.6 Å². The van der Waals surface area contributed by atoms with Gasteiger partial charge in [-0.3, -0.25) is 15.0 Å². The molecule has 5 rings (SSSR count). The Kier molecular flexibility index (Phi) is 5.28. The highest BCUT2D eigenvalue weighted by molar-refractivity contribution is 5.91. The van der Waals surface area contributed by atoms with Gasteiger partial charge in [-0.2, -0.15) is 0 Å². The van der Waals surface area contributed by atoms with Gasteiger partial charge in [0.25, 0.3) is 5.56 Å². The summed E-state index contributed by atoms with van der Waals surface area (Å²) in [4.78, 5) is 16.8. The summed E-state index contributed by atoms with van der Waals surface area (Å²) in [7, 11) is 1.60. The molecule has 0 aliphatic heterocycles. The summed E-state index contributed by atoms with van der Waals surface area (Å²) in [5.74, 6) is 1.29. The van der Waals surface area contributed by atoms with Crippen LogP contribution in [0.15, 0.2) is 83.7 Å². The second-order valence-corrected chi connectivity index (χ2v) is 7.54. The van der Waals surface area contributed by atoms with Crippen LogP contribution in [0, 0.1) is 0 Å². The zero-order chi connectivity index (χ0) is 22.8. The fourth-order valence-electron chi connectivity index (χ4n) is 3.70. The van der Waals surface area contributed by atoms with Gasteiger partial charge >= 0.3 is 0 Å². The van der Waals surface area contributed by atoms with Crippen molar-refractivity contribution in [2.75, 3.05) is 7.11 Å². The summed E-state index contributed by atoms with van der Waals surface area (Å²) in [6, 6.07) is 24.2. The van der Waals surface area contributed by atoms with Crippen LogP contribution < -0.4 is 15.0 Å². The molecule has 0 radical (unpaired) electrons. The predicted molar refractivity (Wildman–Crippen MR) is 127 cm³/mol. The number of phenolic OH excluding ortho intramolecular Hbond substituents is 1. The smallest absolute Gasteiger partial charge is 0.273 e. The van der Waals surface area contributed by atoms with Crippen LogP contribution in [-0.2, 0) is 6.61 Å². The minimum absolute atomic E-state index is 0.0278. The zero-order valence-corrected chi connectivity index (χ0v) is 17.8. The number of rotatable bonds is 6. The van der Waals surface area contributed by atoms with Gasteiger partial charge in [0, 0.05) is 17.2 Å². The van der Waals surface area contributed by atoms with Crippen LogP contribution in [0.2, 0.25) is 0 Å². The number of hydrogen-bond donors (Lipinski definition) is 3. The molecule has 0 atom stereocenters. The van der Waals surface area contributed by atoms with Gasteiger partial charge in [0.1, 0.15) is 23.9 Å². The molecule has 0 unspecified atom stereocenters. The molecule has 0 spiro atoms. The standard InChI is InChI=1S/C26H21N3O4/c1-32-18-9-7-17(8-10-18)21-14-22-25(28-29-26(22)31)27-24(21)20-12-11-19(13-23(20)30)33-15-16-5-3-2-4-6-16/h2-14,30H,15H2,1H3,(H2,27,28,29,31). The number of pyridine rings is 1. The van der Waals surface area contributed by atoms with Gasteiger partial charge in [-0.1, -0.05) is 42.5 Å². The molecular formula is C26H21N3O4. The molecule has 2 heterocycles. The van der Waals surface area contributed by atoms with Crippen LogP contribution in [0.4, 0.5) is 0 Å². The number of aromatic hydroxyl groups is 1. The molecule has 7 heteroatoms. The number of methoxy groups -OCH3 is 1. The molecule has 164 valence electrons. The van der Waals surface area contributed by atoms with E-state index in [1.807, 2.05) is 54.6 Å². The Labute approximate surface area is 189 Å². The highest BCUT2D eigenvalue weighted by Gasteiger charge is 2.17. The molecule has 3 aromatic carbocycles. The molecule has 0 aliphatic rings. The van der Waals surface area contributed by atoms with Crippen molar-refractivity contribution < 1.29 is 14.6 Å². The average molecular weight is 439 g/mol. The van der Waals surface area contributed by atoms with Crippen LogP contribution >= 0.6 is 0 Å². The molecule has 5 aromatic rings. The predicted octanol–water partition coefficient (Wildman–Crippen LogP) is 4.88. The fraction of sp³-hybridized carbons (Fsp3) is 0.0769. The number of fused-ring (bicyclic) bond motifs is 1. The maximum absolute atomic E-state index is 12.2. The minimum atomic E-state index is -0.257. The summed E-state index contributed by atoms with van der Waals surface area (Å²) in [5.41, 5.74) is 3.80. The van der Waals surface area contributed by atoms with E-state index in [2.05, 4.69) is 15.2 Å². The van der Waals surface area contributed by atoms with Gasteiger partial charge in [-0.05, 0) is 41.5 Å². The molecule has 0 bridgehead atoms. The van der Waals surface area contributed by atoms with E-state index in [1.54, 1.807) is 31.4 Å². The summed E-state index contributed by atoms with van der Waals surface area (Å²) in [5, 5.41) is 16.6. The summed E-state index contributed by atoms with van der Waals surface area (Å²) >= 11 is 0. The van der Waals surface area contributed by atoms with Gasteiger partial charge in [0.2, 0.25) is 0 Å². The second kappa shape index (κ2) is 8.55. The van der Waals surface area contributed by atoms with Gasteiger partial charge in [-0.15, -0.1) is 0 Å². The number of hydrogen-bond acceptors (Lipinski definition) is 5. The number of aromatic nitrogens is 3. The van der Waals surface area contributed by atoms with Gasteiger partial charge in [0.05, 0.1) is 18.2 Å². The van der Waals surface area contributed by atoms with E-state index in [1.165, 1.54) is 0 Å². The van der Waals surface area contributed by atoms with E-state index < -0.39 is 0 Å². The number of nitrogens with one attached hydrogen (secondary N) is 2. The number of benzene rings is 3. The number of H-pyrrole nitrogens is 2. The van der Waals surface area contributed by atoms with Crippen LogP contribution in [0.5, 0.6) is 17.2 Å². The van der Waals surface area contributed by atoms with E-state index in [0.29, 0.717) is 40.2 Å². The van der Waals surface area contributed by atoms with E-state index in [9.17, 15) is 9.90 Å². The van der Waals surface area contributed by atoms with Crippen molar-refractivity contribution in [3.8, 4) is 39.6 Å². The molecule has 0 saturated heterocycles. The van der Waals surface area contributed by atoms with E-state index >= 15 is 0 Å². The zero-order valence-electron chi connectivity index (χ0n) is 17.8. The quantitative estimate of drug-likeness (QED) is 0.350. The lowest BCUT2D eigenvalue weighted by molar-refractivity contribution is 0.304. The lowest BCUT2D eigenvalue weighted by atomic mass is 9.97. The van der Waals surface area contributed by atoms with Crippen LogP contribution in [0.3, 0.4) is 0 Å². The van der Waals surface area contributed by atoms with Crippen LogP contribution in [0.25, 0.3) is 33.4 Å². The highest BCUT2D eigenvalue weighted by Crippen LogP contribution is 2.38. The first kappa shape index (κ1) is 20.4. The molecule has 0 amide bonds. The summed E-state index contributed by atoms with van der Waals surface area (Å²) < 4.78 is 11.1. The first-order valence-electron chi connectivity index (χ1n) is 10.4. The Morgan fingerprint density at radius 3 is 2.36 bits per heavy atom. The Bertz CT molecular complexity index is 1470. The molecular weight excluding hydrogens is 418 g/mol. The number of phenols is 1. The topological polar surface area (TPSA) is 100 Å². The highest BCUT2D eigenvalue weighted by atomic mass is 16.5. The second-order valence-electron chi connectivity index (χ2n) is 7.54. The lowest BCUT2D eigenvalue weighted by Crippen LogP contribution is -1.99. The first-order valence-corrected chi connectivity index (χ1v) is 10.4. The molecule has 0 aliphatic carbocycles. The molecule has 3 N–H and O–H groups in total.